The lowest BCUT2D eigenvalue weighted by molar-refractivity contribution is -0.133. The van der Waals surface area contributed by atoms with Crippen molar-refractivity contribution in [3.05, 3.63) is 174 Å². The molecule has 2 aliphatic rings. The van der Waals surface area contributed by atoms with Gasteiger partial charge in [-0.05, 0) is 180 Å². The van der Waals surface area contributed by atoms with E-state index in [4.69, 9.17) is 49.5 Å². The van der Waals surface area contributed by atoms with Crippen LogP contribution in [0.25, 0.3) is 72.8 Å². The number of amides is 3. The van der Waals surface area contributed by atoms with Gasteiger partial charge in [-0.1, -0.05) is 58.2 Å². The van der Waals surface area contributed by atoms with Crippen LogP contribution in [-0.4, -0.2) is 130 Å². The smallest absolute Gasteiger partial charge is 0.277 e. The highest BCUT2D eigenvalue weighted by molar-refractivity contribution is 5.94. The van der Waals surface area contributed by atoms with Crippen LogP contribution in [0.2, 0.25) is 0 Å². The number of benzene rings is 4. The van der Waals surface area contributed by atoms with E-state index in [0.717, 1.165) is 110 Å². The van der Waals surface area contributed by atoms with Gasteiger partial charge in [-0.2, -0.15) is 15.3 Å². The second-order valence-electron chi connectivity index (χ2n) is 26.0. The van der Waals surface area contributed by atoms with E-state index < -0.39 is 11.8 Å². The summed E-state index contributed by atoms with van der Waals surface area (Å²) in [6.07, 6.45) is 13.2. The molecule has 13 rings (SSSR count). The Kier molecular flexibility index (Phi) is 24.8. The van der Waals surface area contributed by atoms with Crippen molar-refractivity contribution >= 4 is 62.2 Å². The molecule has 1 unspecified atom stereocenters. The highest BCUT2D eigenvalue weighted by Gasteiger charge is 2.27. The zero-order valence-electron chi connectivity index (χ0n) is 61.3. The normalized spacial score (nSPS) is 13.7. The molecule has 0 bridgehead atoms. The van der Waals surface area contributed by atoms with Gasteiger partial charge in [0.1, 0.15) is 68.6 Å². The molecule has 0 spiro atoms. The number of anilines is 1. The van der Waals surface area contributed by atoms with Crippen molar-refractivity contribution < 1.29 is 49.0 Å². The SMILES string of the molecule is CCCc1nn(C)c2c(=O)[nH]c(-c3cc(C4=CCC(C(=O)NO)CC4)ccc3OCC)nc12.CCCc1nn(C)c2c(=O)[nH]c(-c3cc(CC4CCN(c5ccc(C(=O)NO)cn5)CC4)ccc3OCC)nc12.CCCc1nn(C)c2c(=O)[nH]c(-c3cc(Oc4ccc(C(=O)NO)cc4)ccc3OCC)nc12. The number of H-pyrrole nitrogens is 3. The molecule has 1 fully saturated rings. The summed E-state index contributed by atoms with van der Waals surface area (Å²) in [5, 5.41) is 39.9. The van der Waals surface area contributed by atoms with Crippen molar-refractivity contribution in [3.8, 4) is 62.9 Å². The molecule has 30 heteroatoms. The number of hydroxylamine groups is 3. The molecule has 1 aliphatic heterocycles. The molecule has 560 valence electrons. The number of piperidine rings is 1. The van der Waals surface area contributed by atoms with Crippen LogP contribution in [0.1, 0.15) is 142 Å². The Morgan fingerprint density at radius 3 is 1.44 bits per heavy atom. The molecule has 1 aliphatic carbocycles. The first-order valence-electron chi connectivity index (χ1n) is 36.0. The van der Waals surface area contributed by atoms with Gasteiger partial charge >= 0.3 is 0 Å². The summed E-state index contributed by atoms with van der Waals surface area (Å²) in [7, 11) is 5.26. The average Bonchev–Trinajstić information content (AvgIpc) is 1.68. The van der Waals surface area contributed by atoms with Gasteiger partial charge in [-0.25, -0.2) is 36.4 Å². The molecule has 1 saturated heterocycles. The standard InChI is InChI=1S/C29H35N7O4.C24H25N5O5.C24H29N5O4/c1-4-6-22-25-26(35(3)33-22)29(38)32-27(31-25)21-16-19(7-9-23(21)40-5-2)15-18-11-13-36(14-12-18)24-10-8-20(17-30-24)28(37)34-39;1-4-6-18-20-21(29(3)27-18)24(31)26-22(25-20)17-13-16(11-12-19(17)33-5-2)34-15-9-7-14(8-10-15)23(30)28-32;1-4-6-18-20-21(29(3)27-18)24(31)26-22(25-20)17-13-16(11-12-19(17)33-5-2)14-7-9-15(10-8-14)23(30)28-32/h7-10,16-18,39H,4-6,11-15H2,1-3H3,(H,34,37)(H,31,32,38);7-13,32H,4-6H2,1-3H3,(H,28,30)(H,25,26,31);7,11-13,15,32H,4-6,8-10H2,1-3H3,(H,28,30)(H,25,26,31). The van der Waals surface area contributed by atoms with Crippen molar-refractivity contribution in [1.29, 1.82) is 0 Å². The first kappa shape index (κ1) is 76.2. The number of fused-ring (bicyclic) bond motifs is 3. The summed E-state index contributed by atoms with van der Waals surface area (Å²) in [6.45, 7) is 15.1. The lowest BCUT2D eigenvalue weighted by atomic mass is 9.86. The zero-order chi connectivity index (χ0) is 76.0. The van der Waals surface area contributed by atoms with Gasteiger partial charge in [0.15, 0.2) is 16.6 Å². The first-order chi connectivity index (χ1) is 51.8. The molecule has 1 atom stereocenters. The molecule has 8 heterocycles. The summed E-state index contributed by atoms with van der Waals surface area (Å²) < 4.78 is 28.2. The summed E-state index contributed by atoms with van der Waals surface area (Å²) in [5.74, 6) is 3.67. The predicted molar refractivity (Wildman–Crippen MR) is 402 cm³/mol. The Bertz CT molecular complexity index is 5240. The molecular weight excluding hydrogens is 1370 g/mol. The lowest BCUT2D eigenvalue weighted by Gasteiger charge is -2.33. The van der Waals surface area contributed by atoms with Crippen LogP contribution in [0.5, 0.6) is 28.7 Å². The second kappa shape index (κ2) is 34.8. The van der Waals surface area contributed by atoms with Crippen LogP contribution in [0.3, 0.4) is 0 Å². The summed E-state index contributed by atoms with van der Waals surface area (Å²) in [6, 6.07) is 27.0. The van der Waals surface area contributed by atoms with E-state index in [2.05, 4.69) is 66.1 Å². The Hall–Kier alpha value is -11.9. The Morgan fingerprint density at radius 1 is 0.533 bits per heavy atom. The number of allylic oxidation sites excluding steroid dienone is 2. The molecule has 11 aromatic rings. The maximum atomic E-state index is 13.1. The molecular formula is C77H89N17O13. The van der Waals surface area contributed by atoms with Crippen LogP contribution >= 0.6 is 0 Å². The second-order valence-corrected chi connectivity index (χ2v) is 26.0. The number of carbonyl (C=O) groups is 3. The minimum Gasteiger partial charge on any atom is -0.493 e. The number of hydrogen-bond acceptors (Lipinski definition) is 21. The highest BCUT2D eigenvalue weighted by atomic mass is 16.5. The molecule has 9 N–H and O–H groups in total. The maximum absolute atomic E-state index is 13.1. The average molecular weight is 1460 g/mol. The topological polar surface area (TPSA) is 392 Å². The zero-order valence-corrected chi connectivity index (χ0v) is 61.3. The quantitative estimate of drug-likeness (QED) is 0.0200. The predicted octanol–water partition coefficient (Wildman–Crippen LogP) is 10.6. The third-order valence-corrected chi connectivity index (χ3v) is 18.7. The first-order valence-corrected chi connectivity index (χ1v) is 36.0. The molecule has 30 nitrogen and oxygen atoms in total. The number of aryl methyl sites for hydroxylation is 6. The van der Waals surface area contributed by atoms with Gasteiger partial charge in [0, 0.05) is 51.9 Å². The number of nitrogens with one attached hydrogen (secondary N) is 6. The maximum Gasteiger partial charge on any atom is 0.277 e. The third kappa shape index (κ3) is 17.3. The number of hydrogen-bond donors (Lipinski definition) is 9. The van der Waals surface area contributed by atoms with Crippen molar-refractivity contribution in [2.45, 2.75) is 119 Å². The van der Waals surface area contributed by atoms with Gasteiger partial charge in [-0.15, -0.1) is 0 Å². The fourth-order valence-corrected chi connectivity index (χ4v) is 13.5. The fourth-order valence-electron chi connectivity index (χ4n) is 13.5. The number of ether oxygens (including phenoxy) is 4. The van der Waals surface area contributed by atoms with Gasteiger partial charge in [-0.3, -0.25) is 58.4 Å². The van der Waals surface area contributed by atoms with Gasteiger partial charge in [0.2, 0.25) is 5.91 Å². The van der Waals surface area contributed by atoms with Crippen LogP contribution in [0, 0.1) is 11.8 Å². The summed E-state index contributed by atoms with van der Waals surface area (Å²) in [4.78, 5) is 103. The van der Waals surface area contributed by atoms with Crippen LogP contribution in [0.15, 0.2) is 118 Å². The number of rotatable bonds is 24. The van der Waals surface area contributed by atoms with Crippen molar-refractivity contribution in [2.75, 3.05) is 37.8 Å². The molecule has 7 aromatic heterocycles. The van der Waals surface area contributed by atoms with E-state index in [1.807, 2.05) is 64.1 Å². The van der Waals surface area contributed by atoms with Crippen molar-refractivity contribution in [1.82, 2.24) is 80.7 Å². The van der Waals surface area contributed by atoms with E-state index >= 15 is 0 Å². The molecule has 0 saturated carbocycles. The molecule has 3 amide bonds. The van der Waals surface area contributed by atoms with Crippen LogP contribution in [0.4, 0.5) is 5.82 Å². The van der Waals surface area contributed by atoms with Crippen molar-refractivity contribution in [3.63, 3.8) is 0 Å². The highest BCUT2D eigenvalue weighted by Crippen LogP contribution is 2.39. The minimum absolute atomic E-state index is 0.212. The number of aromatic nitrogens is 13. The largest absolute Gasteiger partial charge is 0.493 e. The van der Waals surface area contributed by atoms with Crippen molar-refractivity contribution in [2.24, 2.45) is 33.0 Å². The van der Waals surface area contributed by atoms with Crippen LogP contribution < -0.4 is 57.0 Å². The van der Waals surface area contributed by atoms with E-state index in [9.17, 15) is 28.8 Å². The van der Waals surface area contributed by atoms with Crippen LogP contribution in [-0.2, 0) is 51.6 Å². The summed E-state index contributed by atoms with van der Waals surface area (Å²) >= 11 is 0. The summed E-state index contributed by atoms with van der Waals surface area (Å²) in [5.41, 5.74) is 15.7. The van der Waals surface area contributed by atoms with E-state index in [1.165, 1.54) is 18.3 Å². The Labute approximate surface area is 615 Å². The van der Waals surface area contributed by atoms with E-state index in [0.29, 0.717) is 147 Å². The fraction of sp³-hybridized carbons (Fsp3) is 0.364. The Morgan fingerprint density at radius 2 is 0.991 bits per heavy atom. The Balaban J connectivity index is 0.000000161. The number of nitrogens with zero attached hydrogens (tertiary/aromatic N) is 11. The molecule has 0 radical (unpaired) electrons. The third-order valence-electron chi connectivity index (χ3n) is 18.7. The number of aromatic amines is 3. The number of carbonyl (C=O) groups excluding carboxylic acids is 3. The van der Waals surface area contributed by atoms with E-state index in [-0.39, 0.29) is 34.1 Å². The number of pyridine rings is 1. The van der Waals surface area contributed by atoms with Gasteiger partial charge in [0.05, 0.1) is 59.2 Å². The molecule has 4 aromatic carbocycles. The molecule has 107 heavy (non-hydrogen) atoms. The van der Waals surface area contributed by atoms with Gasteiger partial charge < -0.3 is 38.8 Å². The minimum atomic E-state index is -0.613. The monoisotopic (exact) mass is 1460 g/mol. The van der Waals surface area contributed by atoms with E-state index in [1.54, 1.807) is 88.0 Å². The van der Waals surface area contributed by atoms with Gasteiger partial charge in [0.25, 0.3) is 28.5 Å². The lowest BCUT2D eigenvalue weighted by Crippen LogP contribution is -2.35.